The molecule has 148 valence electrons. The SMILES string of the molecule is C[C@H]1S[C@@H](c2ccc(C(F)(F)F)cc2)N(CC(=O)Nc2cccc(F)c2)C1=O. The maximum absolute atomic E-state index is 13.2. The summed E-state index contributed by atoms with van der Waals surface area (Å²) in [6.07, 6.45) is -4.45. The molecule has 2 aromatic carbocycles. The van der Waals surface area contributed by atoms with E-state index < -0.39 is 34.1 Å². The van der Waals surface area contributed by atoms with Crippen LogP contribution in [0.4, 0.5) is 23.2 Å². The van der Waals surface area contributed by atoms with Crippen molar-refractivity contribution in [3.63, 3.8) is 0 Å². The molecule has 9 heteroatoms. The summed E-state index contributed by atoms with van der Waals surface area (Å²) in [4.78, 5) is 26.1. The number of benzene rings is 2. The fraction of sp³-hybridized carbons (Fsp3) is 0.263. The number of alkyl halides is 3. The van der Waals surface area contributed by atoms with Gasteiger partial charge in [-0.15, -0.1) is 11.8 Å². The second-order valence-electron chi connectivity index (χ2n) is 6.28. The molecule has 1 N–H and O–H groups in total. The van der Waals surface area contributed by atoms with E-state index in [-0.39, 0.29) is 18.1 Å². The summed E-state index contributed by atoms with van der Waals surface area (Å²) >= 11 is 1.25. The van der Waals surface area contributed by atoms with Crippen molar-refractivity contribution in [1.29, 1.82) is 0 Å². The number of halogens is 4. The maximum atomic E-state index is 13.2. The third-order valence-electron chi connectivity index (χ3n) is 4.19. The minimum atomic E-state index is -4.45. The van der Waals surface area contributed by atoms with Gasteiger partial charge in [0.15, 0.2) is 0 Å². The van der Waals surface area contributed by atoms with Gasteiger partial charge < -0.3 is 10.2 Å². The number of carbonyl (C=O) groups excluding carboxylic acids is 2. The maximum Gasteiger partial charge on any atom is 0.416 e. The van der Waals surface area contributed by atoms with Crippen LogP contribution in [0.3, 0.4) is 0 Å². The molecule has 2 atom stereocenters. The van der Waals surface area contributed by atoms with Gasteiger partial charge >= 0.3 is 6.18 Å². The lowest BCUT2D eigenvalue weighted by molar-refractivity contribution is -0.137. The zero-order chi connectivity index (χ0) is 20.5. The topological polar surface area (TPSA) is 49.4 Å². The number of thioether (sulfide) groups is 1. The second kappa shape index (κ2) is 7.83. The molecular formula is C19H16F4N2O2S. The summed E-state index contributed by atoms with van der Waals surface area (Å²) in [6, 6.07) is 9.86. The van der Waals surface area contributed by atoms with Gasteiger partial charge in [0.05, 0.1) is 10.8 Å². The molecule has 1 heterocycles. The molecule has 0 aliphatic carbocycles. The van der Waals surface area contributed by atoms with Gasteiger partial charge in [0.25, 0.3) is 0 Å². The number of anilines is 1. The van der Waals surface area contributed by atoms with Crippen LogP contribution in [0.15, 0.2) is 48.5 Å². The van der Waals surface area contributed by atoms with Gasteiger partial charge in [-0.1, -0.05) is 18.2 Å². The van der Waals surface area contributed by atoms with E-state index in [2.05, 4.69) is 5.32 Å². The Morgan fingerprint density at radius 2 is 1.86 bits per heavy atom. The molecule has 0 aromatic heterocycles. The number of carbonyl (C=O) groups is 2. The van der Waals surface area contributed by atoms with Crippen molar-refractivity contribution in [2.75, 3.05) is 11.9 Å². The number of nitrogens with one attached hydrogen (secondary N) is 1. The molecule has 0 bridgehead atoms. The summed E-state index contributed by atoms with van der Waals surface area (Å²) in [5, 5.41) is 1.50. The van der Waals surface area contributed by atoms with E-state index in [1.807, 2.05) is 0 Å². The lowest BCUT2D eigenvalue weighted by Gasteiger charge is -2.24. The van der Waals surface area contributed by atoms with E-state index in [0.717, 1.165) is 18.2 Å². The molecule has 1 fully saturated rings. The molecule has 4 nitrogen and oxygen atoms in total. The normalized spacial score (nSPS) is 19.8. The van der Waals surface area contributed by atoms with Crippen molar-refractivity contribution >= 4 is 29.3 Å². The van der Waals surface area contributed by atoms with Crippen LogP contribution in [0.1, 0.15) is 23.4 Å². The minimum absolute atomic E-state index is 0.253. The van der Waals surface area contributed by atoms with Crippen LogP contribution < -0.4 is 5.32 Å². The number of nitrogens with zero attached hydrogens (tertiary/aromatic N) is 1. The summed E-state index contributed by atoms with van der Waals surface area (Å²) in [7, 11) is 0. The Balaban J connectivity index is 1.76. The highest BCUT2D eigenvalue weighted by atomic mass is 32.2. The third-order valence-corrected chi connectivity index (χ3v) is 5.59. The molecule has 0 spiro atoms. The molecule has 2 aromatic rings. The van der Waals surface area contributed by atoms with Gasteiger partial charge in [-0.3, -0.25) is 9.59 Å². The smallest absolute Gasteiger partial charge is 0.324 e. The molecule has 1 aliphatic heterocycles. The molecule has 28 heavy (non-hydrogen) atoms. The number of rotatable bonds is 4. The zero-order valence-electron chi connectivity index (χ0n) is 14.7. The highest BCUT2D eigenvalue weighted by Crippen LogP contribution is 2.43. The number of hydrogen-bond donors (Lipinski definition) is 1. The van der Waals surface area contributed by atoms with Gasteiger partial charge in [0, 0.05) is 5.69 Å². The van der Waals surface area contributed by atoms with E-state index in [4.69, 9.17) is 0 Å². The Labute approximate surface area is 162 Å². The first-order valence-electron chi connectivity index (χ1n) is 8.33. The van der Waals surface area contributed by atoms with E-state index in [1.54, 1.807) is 6.92 Å². The molecule has 0 unspecified atom stereocenters. The van der Waals surface area contributed by atoms with Crippen LogP contribution in [0.2, 0.25) is 0 Å². The van der Waals surface area contributed by atoms with Crippen LogP contribution in [0, 0.1) is 5.82 Å². The molecule has 3 rings (SSSR count). The Kier molecular flexibility index (Phi) is 5.64. The molecular weight excluding hydrogens is 396 g/mol. The fourth-order valence-corrected chi connectivity index (χ4v) is 4.13. The first-order chi connectivity index (χ1) is 13.1. The van der Waals surface area contributed by atoms with Crippen LogP contribution in [0.25, 0.3) is 0 Å². The summed E-state index contributed by atoms with van der Waals surface area (Å²) in [5.41, 5.74) is -0.0355. The number of amides is 2. The quantitative estimate of drug-likeness (QED) is 0.755. The van der Waals surface area contributed by atoms with E-state index >= 15 is 0 Å². The second-order valence-corrected chi connectivity index (χ2v) is 7.70. The molecule has 0 saturated carbocycles. The van der Waals surface area contributed by atoms with Gasteiger partial charge in [-0.05, 0) is 42.8 Å². The van der Waals surface area contributed by atoms with Crippen molar-refractivity contribution in [3.8, 4) is 0 Å². The Morgan fingerprint density at radius 1 is 1.18 bits per heavy atom. The van der Waals surface area contributed by atoms with Crippen molar-refractivity contribution in [3.05, 3.63) is 65.5 Å². The third kappa shape index (κ3) is 4.46. The highest BCUT2D eigenvalue weighted by molar-refractivity contribution is 8.01. The first-order valence-corrected chi connectivity index (χ1v) is 9.28. The highest BCUT2D eigenvalue weighted by Gasteiger charge is 2.40. The zero-order valence-corrected chi connectivity index (χ0v) is 15.5. The lowest BCUT2D eigenvalue weighted by Crippen LogP contribution is -2.37. The summed E-state index contributed by atoms with van der Waals surface area (Å²) < 4.78 is 51.5. The predicted octanol–water partition coefficient (Wildman–Crippen LogP) is 4.45. The monoisotopic (exact) mass is 412 g/mol. The van der Waals surface area contributed by atoms with Crippen molar-refractivity contribution < 1.29 is 27.2 Å². The standard InChI is InChI=1S/C19H16F4N2O2S/c1-11-17(27)25(10-16(26)24-15-4-2-3-14(20)9-15)18(28-11)12-5-7-13(8-6-12)19(21,22)23/h2-9,11,18H,10H2,1H3,(H,24,26)/t11-,18+/m1/s1. The van der Waals surface area contributed by atoms with Gasteiger partial charge in [-0.2, -0.15) is 13.2 Å². The van der Waals surface area contributed by atoms with Crippen LogP contribution in [-0.4, -0.2) is 28.5 Å². The summed E-state index contributed by atoms with van der Waals surface area (Å²) in [6.45, 7) is 1.38. The first kappa shape index (κ1) is 20.2. The van der Waals surface area contributed by atoms with Crippen LogP contribution in [0.5, 0.6) is 0 Å². The fourth-order valence-electron chi connectivity index (χ4n) is 2.85. The molecule has 2 amide bonds. The van der Waals surface area contributed by atoms with Crippen LogP contribution >= 0.6 is 11.8 Å². The Hall–Kier alpha value is -2.55. The van der Waals surface area contributed by atoms with Gasteiger partial charge in [0.2, 0.25) is 11.8 Å². The average molecular weight is 412 g/mol. The largest absolute Gasteiger partial charge is 0.416 e. The lowest BCUT2D eigenvalue weighted by atomic mass is 10.1. The van der Waals surface area contributed by atoms with E-state index in [0.29, 0.717) is 5.56 Å². The van der Waals surface area contributed by atoms with E-state index in [1.165, 1.54) is 47.0 Å². The van der Waals surface area contributed by atoms with Crippen molar-refractivity contribution in [1.82, 2.24) is 4.90 Å². The molecule has 1 aliphatic rings. The molecule has 1 saturated heterocycles. The van der Waals surface area contributed by atoms with Crippen LogP contribution in [-0.2, 0) is 15.8 Å². The Morgan fingerprint density at radius 3 is 2.46 bits per heavy atom. The van der Waals surface area contributed by atoms with E-state index in [9.17, 15) is 27.2 Å². The Bertz CT molecular complexity index is 886. The van der Waals surface area contributed by atoms with Gasteiger partial charge in [-0.25, -0.2) is 4.39 Å². The minimum Gasteiger partial charge on any atom is -0.324 e. The van der Waals surface area contributed by atoms with Crippen molar-refractivity contribution in [2.45, 2.75) is 23.7 Å². The predicted molar refractivity (Wildman–Crippen MR) is 98.0 cm³/mol. The number of hydrogen-bond acceptors (Lipinski definition) is 3. The summed E-state index contributed by atoms with van der Waals surface area (Å²) in [5.74, 6) is -1.32. The average Bonchev–Trinajstić information content (AvgIpc) is 2.89. The molecule has 0 radical (unpaired) electrons. The van der Waals surface area contributed by atoms with Gasteiger partial charge in [0.1, 0.15) is 17.7 Å². The van der Waals surface area contributed by atoms with Crippen molar-refractivity contribution in [2.24, 2.45) is 0 Å².